The number of amides is 4. The first-order chi connectivity index (χ1) is 30.9. The van der Waals surface area contributed by atoms with Crippen LogP contribution in [0.1, 0.15) is 46.4 Å². The van der Waals surface area contributed by atoms with E-state index in [0.717, 1.165) is 55.3 Å². The Morgan fingerprint density at radius 2 is 1.70 bits per heavy atom. The molecule has 0 aliphatic carbocycles. The van der Waals surface area contributed by atoms with Gasteiger partial charge in [-0.3, -0.25) is 33.9 Å². The van der Waals surface area contributed by atoms with E-state index < -0.39 is 29.2 Å². The van der Waals surface area contributed by atoms with Crippen LogP contribution in [0.4, 0.5) is 40.2 Å². The molecule has 20 heteroatoms. The second-order valence-electron chi connectivity index (χ2n) is 15.7. The van der Waals surface area contributed by atoms with Gasteiger partial charge in [0.25, 0.3) is 11.8 Å². The molecule has 0 radical (unpaired) electrons. The van der Waals surface area contributed by atoms with Gasteiger partial charge in [0.1, 0.15) is 29.0 Å². The van der Waals surface area contributed by atoms with E-state index >= 15 is 0 Å². The molecule has 3 aliphatic rings. The first-order valence-corrected chi connectivity index (χ1v) is 22.9. The van der Waals surface area contributed by atoms with Crippen LogP contribution >= 0.6 is 11.6 Å². The smallest absolute Gasteiger partial charge is 0.264 e. The predicted molar refractivity (Wildman–Crippen MR) is 247 cm³/mol. The molecule has 2 atom stereocenters. The van der Waals surface area contributed by atoms with Crippen LogP contribution in [0.15, 0.2) is 66.9 Å². The molecule has 338 valence electrons. The minimum atomic E-state index is -1.23. The highest BCUT2D eigenvalue weighted by atomic mass is 35.5. The number of aldehydes is 1. The molecule has 64 heavy (non-hydrogen) atoms. The summed E-state index contributed by atoms with van der Waals surface area (Å²) in [6.45, 7) is 4.87. The lowest BCUT2D eigenvalue weighted by molar-refractivity contribution is -0.121. The van der Waals surface area contributed by atoms with Crippen LogP contribution in [0, 0.1) is 0 Å². The maximum Gasteiger partial charge on any atom is 0.264 e. The van der Waals surface area contributed by atoms with Gasteiger partial charge in [0, 0.05) is 70.5 Å². The highest BCUT2D eigenvalue weighted by Crippen LogP contribution is 2.36. The van der Waals surface area contributed by atoms with E-state index in [1.165, 1.54) is 19.3 Å². The lowest BCUT2D eigenvalue weighted by Gasteiger charge is -2.43. The van der Waals surface area contributed by atoms with Gasteiger partial charge >= 0.3 is 0 Å². The molecule has 1 aromatic heterocycles. The van der Waals surface area contributed by atoms with Crippen LogP contribution in [-0.4, -0.2) is 144 Å². The van der Waals surface area contributed by atoms with Crippen molar-refractivity contribution in [3.8, 4) is 5.75 Å². The van der Waals surface area contributed by atoms with Gasteiger partial charge in [-0.1, -0.05) is 29.8 Å². The molecule has 3 aliphatic heterocycles. The molecule has 0 saturated carbocycles. The molecule has 4 amide bonds. The zero-order valence-electron chi connectivity index (χ0n) is 36.1. The number of methoxy groups -OCH3 is 1. The quantitative estimate of drug-likeness (QED) is 0.0663. The average molecular weight is 914 g/mol. The Morgan fingerprint density at radius 1 is 0.969 bits per heavy atom. The minimum Gasteiger partial charge on any atom is -0.593 e. The molecular weight excluding hydrogens is 862 g/mol. The van der Waals surface area contributed by atoms with Crippen LogP contribution < -0.4 is 35.2 Å². The van der Waals surface area contributed by atoms with E-state index in [2.05, 4.69) is 45.9 Å². The number of anilines is 7. The third-order valence-electron chi connectivity index (χ3n) is 11.8. The van der Waals surface area contributed by atoms with Crippen LogP contribution in [0.3, 0.4) is 0 Å². The maximum absolute atomic E-state index is 13.5. The van der Waals surface area contributed by atoms with E-state index in [1.54, 1.807) is 36.9 Å². The molecule has 3 aromatic carbocycles. The summed E-state index contributed by atoms with van der Waals surface area (Å²) in [7, 11) is 4.84. The number of aromatic nitrogens is 2. The summed E-state index contributed by atoms with van der Waals surface area (Å²) in [5.41, 5.74) is 3.50. The zero-order valence-corrected chi connectivity index (χ0v) is 37.7. The molecule has 7 rings (SSSR count). The molecule has 18 nitrogen and oxygen atoms in total. The number of fused-ring (bicyclic) bond motifs is 1. The van der Waals surface area contributed by atoms with Crippen molar-refractivity contribution in [2.75, 3.05) is 98.4 Å². The van der Waals surface area contributed by atoms with Crippen LogP contribution in [0.25, 0.3) is 0 Å². The topological polar surface area (TPSA) is 208 Å². The number of halogens is 1. The molecule has 4 aromatic rings. The van der Waals surface area contributed by atoms with Crippen molar-refractivity contribution in [3.63, 3.8) is 0 Å². The number of benzene rings is 3. The summed E-state index contributed by atoms with van der Waals surface area (Å²) in [4.78, 5) is 80.4. The number of ether oxygens (including phenoxy) is 1. The largest absolute Gasteiger partial charge is 0.593 e. The summed E-state index contributed by atoms with van der Waals surface area (Å²) >= 11 is 5.26. The van der Waals surface area contributed by atoms with Gasteiger partial charge in [0.15, 0.2) is 5.82 Å². The summed E-state index contributed by atoms with van der Waals surface area (Å²) in [5.74, 6) is -0.601. The highest BCUT2D eigenvalue weighted by molar-refractivity contribution is 7.92. The van der Waals surface area contributed by atoms with Crippen molar-refractivity contribution < 1.29 is 33.3 Å². The molecule has 0 spiro atoms. The molecule has 4 heterocycles. The van der Waals surface area contributed by atoms with E-state index in [-0.39, 0.29) is 48.0 Å². The zero-order chi connectivity index (χ0) is 45.5. The first kappa shape index (κ1) is 46.0. The van der Waals surface area contributed by atoms with Crippen molar-refractivity contribution in [2.45, 2.75) is 37.8 Å². The molecular formula is C44H52ClN11O7S. The lowest BCUT2D eigenvalue weighted by atomic mass is 10.0. The standard InChI is InChI=1S/C44H52ClN11O7S/c1-46-38(58)15-13-30(27-57)56-42(60)31-8-7-10-35(40(31)43(56)61)48-39(59)26-53-20-22-55(23-21-53)28-16-18-54(19-17-28)29-12-14-34(37(24-29)63-3)50-44-47-25-32(45)41(51-44)49-33-9-5-6-11-36(33)52(2)64(4)62/h5-12,14,24-25,27-28,30H,13,15-23,26H2,1-4H3,(H,46,58)(H,48,59)(H2,47,49,50,51). The third kappa shape index (κ3) is 10.3. The van der Waals surface area contributed by atoms with Gasteiger partial charge < -0.3 is 40.3 Å². The van der Waals surface area contributed by atoms with E-state index in [0.29, 0.717) is 59.3 Å². The third-order valence-corrected chi connectivity index (χ3v) is 13.1. The SMILES string of the molecule is CNC(=O)CCC(C=O)N1C(=O)c2cccc(NC(=O)CN3CCN(C4CCN(c5ccc(Nc6ncc(Cl)c(Nc7ccccc7N(C)[S+](C)[O-])n6)c(OC)c5)CC4)CC3)c2C1=O. The Bertz CT molecular complexity index is 2380. The van der Waals surface area contributed by atoms with Gasteiger partial charge in [-0.2, -0.15) is 9.29 Å². The Labute approximate surface area is 380 Å². The van der Waals surface area contributed by atoms with Gasteiger partial charge in [0.05, 0.1) is 72.5 Å². The fraction of sp³-hybridized carbons (Fsp3) is 0.386. The average Bonchev–Trinajstić information content (AvgIpc) is 3.56. The first-order valence-electron chi connectivity index (χ1n) is 21.0. The number of carbonyl (C=O) groups is 5. The Morgan fingerprint density at radius 3 is 2.41 bits per heavy atom. The van der Waals surface area contributed by atoms with Crippen LogP contribution in [0.5, 0.6) is 5.75 Å². The maximum atomic E-state index is 13.5. The van der Waals surface area contributed by atoms with E-state index in [1.807, 2.05) is 42.5 Å². The number of imide groups is 1. The fourth-order valence-corrected chi connectivity index (χ4v) is 8.85. The van der Waals surface area contributed by atoms with E-state index in [4.69, 9.17) is 16.3 Å². The number of hydrogen-bond acceptors (Lipinski definition) is 15. The lowest BCUT2D eigenvalue weighted by Crippen LogP contribution is -2.54. The van der Waals surface area contributed by atoms with Crippen molar-refractivity contribution in [1.82, 2.24) is 30.0 Å². The monoisotopic (exact) mass is 913 g/mol. The summed E-state index contributed by atoms with van der Waals surface area (Å²) in [6.07, 6.45) is 5.53. The summed E-state index contributed by atoms with van der Waals surface area (Å²) < 4.78 is 19.6. The number of piperazine rings is 1. The number of carbonyl (C=O) groups excluding carboxylic acids is 5. The number of hydrogen-bond donors (Lipinski definition) is 4. The number of nitrogens with zero attached hydrogens (tertiary/aromatic N) is 7. The fourth-order valence-electron chi connectivity index (χ4n) is 8.27. The van der Waals surface area contributed by atoms with Crippen molar-refractivity contribution >= 4 is 93.1 Å². The van der Waals surface area contributed by atoms with Crippen LogP contribution in [0.2, 0.25) is 5.02 Å². The van der Waals surface area contributed by atoms with Gasteiger partial charge in [-0.05, 0) is 55.7 Å². The second kappa shape index (κ2) is 20.7. The number of nitrogens with one attached hydrogen (secondary N) is 4. The number of piperidine rings is 1. The number of para-hydroxylation sites is 2. The number of rotatable bonds is 17. The summed E-state index contributed by atoms with van der Waals surface area (Å²) in [5, 5.41) is 12.1. The summed E-state index contributed by atoms with van der Waals surface area (Å²) in [6, 6.07) is 17.4. The molecule has 4 N–H and O–H groups in total. The van der Waals surface area contributed by atoms with Crippen molar-refractivity contribution in [3.05, 3.63) is 83.0 Å². The minimum absolute atomic E-state index is 0.00558. The molecule has 0 bridgehead atoms. The Kier molecular flexibility index (Phi) is 14.9. The van der Waals surface area contributed by atoms with Gasteiger partial charge in [-0.25, -0.2) is 4.98 Å². The molecule has 2 unspecified atom stereocenters. The Hall–Kier alpha value is -5.99. The highest BCUT2D eigenvalue weighted by Gasteiger charge is 2.42. The predicted octanol–water partition coefficient (Wildman–Crippen LogP) is 4.27. The van der Waals surface area contributed by atoms with Crippen molar-refractivity contribution in [1.29, 1.82) is 0 Å². The molecule has 2 saturated heterocycles. The van der Waals surface area contributed by atoms with Gasteiger partial charge in [-0.15, -0.1) is 0 Å². The second-order valence-corrected chi connectivity index (χ2v) is 17.5. The van der Waals surface area contributed by atoms with Gasteiger partial charge in [0.2, 0.25) is 17.8 Å². The van der Waals surface area contributed by atoms with Crippen LogP contribution in [-0.2, 0) is 25.7 Å². The van der Waals surface area contributed by atoms with Crippen molar-refractivity contribution in [2.24, 2.45) is 0 Å². The van der Waals surface area contributed by atoms with E-state index in [9.17, 15) is 28.5 Å². The Balaban J connectivity index is 0.891. The molecule has 2 fully saturated rings. The normalized spacial score (nSPS) is 16.8.